The third kappa shape index (κ3) is 2.15. The Balaban J connectivity index is 1.34. The van der Waals surface area contributed by atoms with Crippen LogP contribution in [0.5, 0.6) is 0 Å². The van der Waals surface area contributed by atoms with E-state index in [-0.39, 0.29) is 5.92 Å². The van der Waals surface area contributed by atoms with Crippen molar-refractivity contribution >= 4 is 5.91 Å². The largest absolute Gasteiger partial charge is 0.338 e. The Bertz CT molecular complexity index is 540. The van der Waals surface area contributed by atoms with Gasteiger partial charge in [-0.2, -0.15) is 0 Å². The highest BCUT2D eigenvalue weighted by Gasteiger charge is 2.36. The van der Waals surface area contributed by atoms with E-state index in [9.17, 15) is 4.79 Å². The Morgan fingerprint density at radius 2 is 2.05 bits per heavy atom. The smallest absolute Gasteiger partial charge is 0.226 e. The van der Waals surface area contributed by atoms with Crippen LogP contribution >= 0.6 is 0 Å². The third-order valence-electron chi connectivity index (χ3n) is 4.69. The van der Waals surface area contributed by atoms with Crippen LogP contribution in [0.1, 0.15) is 49.8 Å². The zero-order chi connectivity index (χ0) is 13.5. The van der Waals surface area contributed by atoms with Gasteiger partial charge < -0.3 is 4.90 Å². The van der Waals surface area contributed by atoms with E-state index in [0.717, 1.165) is 38.0 Å². The minimum Gasteiger partial charge on any atom is -0.338 e. The van der Waals surface area contributed by atoms with Gasteiger partial charge in [0.05, 0.1) is 11.7 Å². The molecule has 1 saturated carbocycles. The van der Waals surface area contributed by atoms with Crippen LogP contribution in [0.2, 0.25) is 0 Å². The number of allylic oxidation sites excluding steroid dienone is 2. The average Bonchev–Trinajstić information content (AvgIpc) is 3.18. The van der Waals surface area contributed by atoms with Gasteiger partial charge >= 0.3 is 0 Å². The molecule has 5 heteroatoms. The van der Waals surface area contributed by atoms with E-state index >= 15 is 0 Å². The number of carbonyl (C=O) groups excluding carboxylic acids is 1. The first kappa shape index (κ1) is 12.1. The molecule has 106 valence electrons. The third-order valence-corrected chi connectivity index (χ3v) is 4.69. The van der Waals surface area contributed by atoms with Crippen molar-refractivity contribution in [3.8, 4) is 0 Å². The monoisotopic (exact) mass is 272 g/mol. The fraction of sp³-hybridized carbons (Fsp3) is 0.667. The molecule has 0 spiro atoms. The second-order valence-corrected chi connectivity index (χ2v) is 6.28. The van der Waals surface area contributed by atoms with Crippen molar-refractivity contribution in [1.82, 2.24) is 19.9 Å². The fourth-order valence-electron chi connectivity index (χ4n) is 3.11. The van der Waals surface area contributed by atoms with Crippen molar-refractivity contribution < 1.29 is 4.79 Å². The van der Waals surface area contributed by atoms with Gasteiger partial charge in [0.15, 0.2) is 0 Å². The summed E-state index contributed by atoms with van der Waals surface area (Å²) in [5, 5.41) is 8.46. The van der Waals surface area contributed by atoms with Crippen molar-refractivity contribution in [2.45, 2.75) is 44.1 Å². The van der Waals surface area contributed by atoms with Crippen molar-refractivity contribution in [1.29, 1.82) is 0 Å². The van der Waals surface area contributed by atoms with Crippen LogP contribution in [-0.2, 0) is 4.79 Å². The Morgan fingerprint density at radius 1 is 1.20 bits per heavy atom. The number of hydrogen-bond donors (Lipinski definition) is 0. The Morgan fingerprint density at radius 3 is 2.75 bits per heavy atom. The van der Waals surface area contributed by atoms with E-state index in [1.165, 1.54) is 12.8 Å². The minimum atomic E-state index is 0.207. The predicted octanol–water partition coefficient (Wildman–Crippen LogP) is 1.90. The maximum atomic E-state index is 12.3. The second-order valence-electron chi connectivity index (χ2n) is 6.28. The molecule has 1 aromatic heterocycles. The van der Waals surface area contributed by atoms with Gasteiger partial charge in [0, 0.05) is 31.1 Å². The zero-order valence-corrected chi connectivity index (χ0v) is 11.6. The molecular formula is C15H20N4O. The SMILES string of the molecule is O=C([C@H]1CC=CCC1)N1CC(n2cc(C3CC3)nn2)C1. The highest BCUT2D eigenvalue weighted by atomic mass is 16.2. The maximum Gasteiger partial charge on any atom is 0.226 e. The van der Waals surface area contributed by atoms with Crippen LogP contribution in [0.3, 0.4) is 0 Å². The van der Waals surface area contributed by atoms with Gasteiger partial charge in [-0.3, -0.25) is 4.79 Å². The standard InChI is InChI=1S/C15H20N4O/c20-15(12-4-2-1-3-5-12)18-8-13(9-18)19-10-14(16-17-19)11-6-7-11/h1-2,10-13H,3-9H2/t12-/m0/s1. The van der Waals surface area contributed by atoms with Crippen molar-refractivity contribution in [3.63, 3.8) is 0 Å². The number of aromatic nitrogens is 3. The number of hydrogen-bond acceptors (Lipinski definition) is 3. The first-order chi connectivity index (χ1) is 9.81. The van der Waals surface area contributed by atoms with Gasteiger partial charge in [-0.1, -0.05) is 17.4 Å². The van der Waals surface area contributed by atoms with E-state index in [1.807, 2.05) is 9.58 Å². The summed E-state index contributed by atoms with van der Waals surface area (Å²) in [6.45, 7) is 1.60. The second kappa shape index (κ2) is 4.72. The summed E-state index contributed by atoms with van der Waals surface area (Å²) >= 11 is 0. The Labute approximate surface area is 118 Å². The van der Waals surface area contributed by atoms with Crippen molar-refractivity contribution in [2.24, 2.45) is 5.92 Å². The Kier molecular flexibility index (Phi) is 2.86. The van der Waals surface area contributed by atoms with Crippen molar-refractivity contribution in [2.75, 3.05) is 13.1 Å². The number of amides is 1. The summed E-state index contributed by atoms with van der Waals surface area (Å²) in [5.74, 6) is 1.18. The number of nitrogens with zero attached hydrogens (tertiary/aromatic N) is 4. The van der Waals surface area contributed by atoms with Gasteiger partial charge in [0.2, 0.25) is 5.91 Å². The quantitative estimate of drug-likeness (QED) is 0.790. The number of carbonyl (C=O) groups is 1. The number of likely N-dealkylation sites (tertiary alicyclic amines) is 1. The van der Waals surface area contributed by atoms with Crippen molar-refractivity contribution in [3.05, 3.63) is 24.0 Å². The summed E-state index contributed by atoms with van der Waals surface area (Å²) in [7, 11) is 0. The highest BCUT2D eigenvalue weighted by molar-refractivity contribution is 5.80. The summed E-state index contributed by atoms with van der Waals surface area (Å²) in [6, 6.07) is 0.332. The predicted molar refractivity (Wildman–Crippen MR) is 74.1 cm³/mol. The lowest BCUT2D eigenvalue weighted by atomic mass is 9.91. The van der Waals surface area contributed by atoms with E-state index in [0.29, 0.717) is 17.9 Å². The molecule has 0 unspecified atom stereocenters. The molecule has 1 atom stereocenters. The maximum absolute atomic E-state index is 12.3. The lowest BCUT2D eigenvalue weighted by Crippen LogP contribution is -2.52. The molecule has 1 saturated heterocycles. The van der Waals surface area contributed by atoms with Gasteiger partial charge in [0.25, 0.3) is 0 Å². The molecule has 0 N–H and O–H groups in total. The summed E-state index contributed by atoms with van der Waals surface area (Å²) in [5.41, 5.74) is 1.13. The molecule has 2 heterocycles. The molecule has 0 radical (unpaired) electrons. The van der Waals surface area contributed by atoms with E-state index in [2.05, 4.69) is 28.7 Å². The highest BCUT2D eigenvalue weighted by Crippen LogP contribution is 2.39. The van der Waals surface area contributed by atoms with E-state index in [1.54, 1.807) is 0 Å². The summed E-state index contributed by atoms with van der Waals surface area (Å²) < 4.78 is 1.96. The van der Waals surface area contributed by atoms with Gasteiger partial charge in [0.1, 0.15) is 0 Å². The number of rotatable bonds is 3. The van der Waals surface area contributed by atoms with Crippen LogP contribution in [0.15, 0.2) is 18.3 Å². The van der Waals surface area contributed by atoms with Crippen LogP contribution < -0.4 is 0 Å². The molecule has 1 amide bonds. The van der Waals surface area contributed by atoms with Gasteiger partial charge in [-0.05, 0) is 32.1 Å². The molecule has 2 fully saturated rings. The average molecular weight is 272 g/mol. The lowest BCUT2D eigenvalue weighted by molar-refractivity contribution is -0.141. The molecule has 3 aliphatic rings. The molecule has 5 nitrogen and oxygen atoms in total. The van der Waals surface area contributed by atoms with Crippen LogP contribution in [0.25, 0.3) is 0 Å². The molecule has 2 aliphatic carbocycles. The van der Waals surface area contributed by atoms with E-state index in [4.69, 9.17) is 0 Å². The molecule has 4 rings (SSSR count). The minimum absolute atomic E-state index is 0.207. The normalized spacial score (nSPS) is 26.6. The van der Waals surface area contributed by atoms with Crippen LogP contribution in [-0.4, -0.2) is 38.9 Å². The first-order valence-electron chi connectivity index (χ1n) is 7.67. The zero-order valence-electron chi connectivity index (χ0n) is 11.6. The topological polar surface area (TPSA) is 51.0 Å². The molecule has 0 aromatic carbocycles. The molecule has 0 bridgehead atoms. The Hall–Kier alpha value is -1.65. The molecular weight excluding hydrogens is 252 g/mol. The van der Waals surface area contributed by atoms with Crippen LogP contribution in [0.4, 0.5) is 0 Å². The van der Waals surface area contributed by atoms with Crippen LogP contribution in [0, 0.1) is 5.92 Å². The lowest BCUT2D eigenvalue weighted by Gasteiger charge is -2.40. The van der Waals surface area contributed by atoms with Gasteiger partial charge in [-0.25, -0.2) is 4.68 Å². The molecule has 1 aromatic rings. The molecule has 1 aliphatic heterocycles. The summed E-state index contributed by atoms with van der Waals surface area (Å²) in [4.78, 5) is 14.3. The molecule has 20 heavy (non-hydrogen) atoms. The van der Waals surface area contributed by atoms with Gasteiger partial charge in [-0.15, -0.1) is 5.10 Å². The fourth-order valence-corrected chi connectivity index (χ4v) is 3.11. The van der Waals surface area contributed by atoms with E-state index < -0.39 is 0 Å². The summed E-state index contributed by atoms with van der Waals surface area (Å²) in [6.07, 6.45) is 11.9. The first-order valence-corrected chi connectivity index (χ1v) is 7.67.